The first kappa shape index (κ1) is 9.48. The van der Waals surface area contributed by atoms with Crippen LogP contribution in [0.15, 0.2) is 0 Å². The first-order valence-electron chi connectivity index (χ1n) is 3.59. The van der Waals surface area contributed by atoms with Crippen LogP contribution in [0.5, 0.6) is 0 Å². The van der Waals surface area contributed by atoms with Gasteiger partial charge in [-0.05, 0) is 19.9 Å². The highest BCUT2D eigenvalue weighted by Crippen LogP contribution is 1.83. The molecule has 0 aromatic heterocycles. The van der Waals surface area contributed by atoms with Gasteiger partial charge in [-0.3, -0.25) is 0 Å². The second-order valence-corrected chi connectivity index (χ2v) is 2.36. The van der Waals surface area contributed by atoms with Gasteiger partial charge in [0.1, 0.15) is 0 Å². The molecule has 0 amide bonds. The predicted molar refractivity (Wildman–Crippen MR) is 42.6 cm³/mol. The van der Waals surface area contributed by atoms with E-state index in [0.717, 1.165) is 19.4 Å². The Hall–Kier alpha value is -0.520. The quantitative estimate of drug-likeness (QED) is 0.428. The van der Waals surface area contributed by atoms with Gasteiger partial charge in [-0.2, -0.15) is 0 Å². The average molecular weight is 141 g/mol. The van der Waals surface area contributed by atoms with Crippen LogP contribution in [-0.4, -0.2) is 24.3 Å². The van der Waals surface area contributed by atoms with E-state index in [1.165, 1.54) is 0 Å². The van der Waals surface area contributed by atoms with Gasteiger partial charge in [0.25, 0.3) is 0 Å². The fourth-order valence-electron chi connectivity index (χ4n) is 0.626. The van der Waals surface area contributed by atoms with E-state index in [9.17, 15) is 0 Å². The summed E-state index contributed by atoms with van der Waals surface area (Å²) in [4.78, 5) is 0. The summed E-state index contributed by atoms with van der Waals surface area (Å²) in [5.74, 6) is 2.55. The minimum absolute atomic E-state index is 0.258. The summed E-state index contributed by atoms with van der Waals surface area (Å²) in [7, 11) is 0. The summed E-state index contributed by atoms with van der Waals surface area (Å²) >= 11 is 0. The Balaban J connectivity index is 2.86. The van der Waals surface area contributed by atoms with Crippen molar-refractivity contribution in [1.29, 1.82) is 0 Å². The summed E-state index contributed by atoms with van der Waals surface area (Å²) in [6, 6.07) is 0. The molecular weight excluding hydrogens is 126 g/mol. The average Bonchev–Trinajstić information content (AvgIpc) is 1.87. The molecule has 0 saturated heterocycles. The van der Waals surface area contributed by atoms with Crippen LogP contribution in [-0.2, 0) is 0 Å². The summed E-state index contributed by atoms with van der Waals surface area (Å²) in [5, 5.41) is 11.9. The Morgan fingerprint density at radius 1 is 1.70 bits per heavy atom. The third kappa shape index (κ3) is 7.48. The maximum atomic E-state index is 8.81. The fourth-order valence-corrected chi connectivity index (χ4v) is 0.626. The molecule has 0 aromatic rings. The van der Waals surface area contributed by atoms with Crippen LogP contribution in [0.2, 0.25) is 0 Å². The highest BCUT2D eigenvalue weighted by Gasteiger charge is 1.91. The molecule has 58 valence electrons. The number of aliphatic hydroxyl groups excluding tert-OH is 1. The van der Waals surface area contributed by atoms with E-state index in [1.54, 1.807) is 6.92 Å². The lowest BCUT2D eigenvalue weighted by atomic mass is 10.3. The molecule has 0 rings (SSSR count). The topological polar surface area (TPSA) is 32.3 Å². The van der Waals surface area contributed by atoms with Crippen molar-refractivity contribution in [3.8, 4) is 12.3 Å². The molecule has 0 aromatic carbocycles. The molecule has 0 aliphatic heterocycles. The molecule has 1 unspecified atom stereocenters. The molecule has 10 heavy (non-hydrogen) atoms. The van der Waals surface area contributed by atoms with Crippen LogP contribution in [0, 0.1) is 12.3 Å². The van der Waals surface area contributed by atoms with Crippen LogP contribution in [0.1, 0.15) is 19.8 Å². The Kier molecular flexibility index (Phi) is 6.25. The second kappa shape index (κ2) is 6.60. The van der Waals surface area contributed by atoms with Gasteiger partial charge in [0, 0.05) is 13.0 Å². The van der Waals surface area contributed by atoms with Gasteiger partial charge >= 0.3 is 0 Å². The zero-order valence-electron chi connectivity index (χ0n) is 6.43. The molecule has 0 aliphatic rings. The van der Waals surface area contributed by atoms with Crippen LogP contribution in [0.4, 0.5) is 0 Å². The van der Waals surface area contributed by atoms with Crippen LogP contribution < -0.4 is 5.32 Å². The van der Waals surface area contributed by atoms with E-state index in [2.05, 4.69) is 11.2 Å². The third-order valence-corrected chi connectivity index (χ3v) is 1.11. The van der Waals surface area contributed by atoms with E-state index in [1.807, 2.05) is 0 Å². The summed E-state index contributed by atoms with van der Waals surface area (Å²) in [6.07, 6.45) is 6.59. The van der Waals surface area contributed by atoms with Crippen molar-refractivity contribution >= 4 is 0 Å². The van der Waals surface area contributed by atoms with E-state index in [4.69, 9.17) is 11.5 Å². The SMILES string of the molecule is C#CCCCNCC(C)O. The number of hydrogen-bond donors (Lipinski definition) is 2. The first-order valence-corrected chi connectivity index (χ1v) is 3.59. The monoisotopic (exact) mass is 141 g/mol. The van der Waals surface area contributed by atoms with Gasteiger partial charge < -0.3 is 10.4 Å². The highest BCUT2D eigenvalue weighted by atomic mass is 16.3. The molecule has 0 bridgehead atoms. The summed E-state index contributed by atoms with van der Waals surface area (Å²) in [6.45, 7) is 3.31. The Labute approximate surface area is 62.6 Å². The Morgan fingerprint density at radius 3 is 2.90 bits per heavy atom. The maximum absolute atomic E-state index is 8.81. The largest absolute Gasteiger partial charge is 0.392 e. The maximum Gasteiger partial charge on any atom is 0.0636 e. The van der Waals surface area contributed by atoms with Crippen molar-refractivity contribution in [2.45, 2.75) is 25.9 Å². The predicted octanol–water partition coefficient (Wildman–Crippen LogP) is 0.370. The lowest BCUT2D eigenvalue weighted by molar-refractivity contribution is 0.191. The van der Waals surface area contributed by atoms with Gasteiger partial charge in [0.2, 0.25) is 0 Å². The van der Waals surface area contributed by atoms with E-state index in [0.29, 0.717) is 6.54 Å². The van der Waals surface area contributed by atoms with Crippen molar-refractivity contribution in [3.05, 3.63) is 0 Å². The molecule has 2 N–H and O–H groups in total. The van der Waals surface area contributed by atoms with Crippen molar-refractivity contribution in [2.75, 3.05) is 13.1 Å². The normalized spacial score (nSPS) is 12.5. The second-order valence-electron chi connectivity index (χ2n) is 2.36. The lowest BCUT2D eigenvalue weighted by Crippen LogP contribution is -2.25. The molecule has 0 aliphatic carbocycles. The van der Waals surface area contributed by atoms with E-state index < -0.39 is 0 Å². The van der Waals surface area contributed by atoms with Crippen molar-refractivity contribution in [1.82, 2.24) is 5.32 Å². The summed E-state index contributed by atoms with van der Waals surface area (Å²) < 4.78 is 0. The number of terminal acetylenes is 1. The van der Waals surface area contributed by atoms with Crippen molar-refractivity contribution in [2.24, 2.45) is 0 Å². The molecule has 2 heteroatoms. The van der Waals surface area contributed by atoms with Gasteiger partial charge in [-0.15, -0.1) is 12.3 Å². The first-order chi connectivity index (χ1) is 4.77. The van der Waals surface area contributed by atoms with Gasteiger partial charge in [0.05, 0.1) is 6.10 Å². The lowest BCUT2D eigenvalue weighted by Gasteiger charge is -2.04. The van der Waals surface area contributed by atoms with E-state index >= 15 is 0 Å². The molecule has 2 nitrogen and oxygen atoms in total. The van der Waals surface area contributed by atoms with Crippen molar-refractivity contribution in [3.63, 3.8) is 0 Å². The van der Waals surface area contributed by atoms with Crippen LogP contribution >= 0.6 is 0 Å². The van der Waals surface area contributed by atoms with Gasteiger partial charge in [-0.1, -0.05) is 0 Å². The van der Waals surface area contributed by atoms with Crippen LogP contribution in [0.25, 0.3) is 0 Å². The standard InChI is InChI=1S/C8H15NO/c1-3-4-5-6-9-7-8(2)10/h1,8-10H,4-7H2,2H3. The third-order valence-electron chi connectivity index (χ3n) is 1.11. The van der Waals surface area contributed by atoms with Crippen molar-refractivity contribution < 1.29 is 5.11 Å². The number of unbranched alkanes of at least 4 members (excludes halogenated alkanes) is 1. The number of hydrogen-bond acceptors (Lipinski definition) is 2. The Bertz CT molecular complexity index is 104. The molecule has 1 atom stereocenters. The molecule has 0 fully saturated rings. The molecule has 0 radical (unpaired) electrons. The van der Waals surface area contributed by atoms with Gasteiger partial charge in [0.15, 0.2) is 0 Å². The minimum Gasteiger partial charge on any atom is -0.392 e. The van der Waals surface area contributed by atoms with Gasteiger partial charge in [-0.25, -0.2) is 0 Å². The molecular formula is C8H15NO. The zero-order chi connectivity index (χ0) is 7.82. The summed E-state index contributed by atoms with van der Waals surface area (Å²) in [5.41, 5.74) is 0. The number of aliphatic hydroxyl groups is 1. The number of nitrogens with one attached hydrogen (secondary N) is 1. The van der Waals surface area contributed by atoms with E-state index in [-0.39, 0.29) is 6.10 Å². The molecule has 0 spiro atoms. The fraction of sp³-hybridized carbons (Fsp3) is 0.750. The number of rotatable bonds is 5. The molecule has 0 saturated carbocycles. The highest BCUT2D eigenvalue weighted by molar-refractivity contribution is 4.83. The van der Waals surface area contributed by atoms with Crippen LogP contribution in [0.3, 0.4) is 0 Å². The molecule has 0 heterocycles. The zero-order valence-corrected chi connectivity index (χ0v) is 6.43. The Morgan fingerprint density at radius 2 is 2.40 bits per heavy atom. The minimum atomic E-state index is -0.258. The smallest absolute Gasteiger partial charge is 0.0636 e.